The fourth-order valence-corrected chi connectivity index (χ4v) is 5.57. The van der Waals surface area contributed by atoms with E-state index in [1.54, 1.807) is 0 Å². The van der Waals surface area contributed by atoms with Crippen LogP contribution in [0.5, 0.6) is 0 Å². The topological polar surface area (TPSA) is 51.6 Å². The molecular formula is C38H24N4. The number of benzene rings is 5. The molecule has 8 aromatic rings. The van der Waals surface area contributed by atoms with Crippen LogP contribution in [0, 0.1) is 0 Å². The summed E-state index contributed by atoms with van der Waals surface area (Å²) in [6.07, 6.45) is 1.82. The van der Waals surface area contributed by atoms with Crippen LogP contribution in [0.15, 0.2) is 146 Å². The molecule has 4 heteroatoms. The van der Waals surface area contributed by atoms with E-state index in [-0.39, 0.29) is 0 Å². The van der Waals surface area contributed by atoms with Gasteiger partial charge in [-0.25, -0.2) is 15.0 Å². The second-order valence-electron chi connectivity index (χ2n) is 10.3. The third-order valence-electron chi connectivity index (χ3n) is 7.68. The molecule has 0 aliphatic carbocycles. The molecule has 3 heterocycles. The first-order valence-electron chi connectivity index (χ1n) is 14.0. The Bertz CT molecular complexity index is 2240. The van der Waals surface area contributed by atoms with Crippen LogP contribution in [0.1, 0.15) is 0 Å². The fourth-order valence-electron chi connectivity index (χ4n) is 5.57. The Morgan fingerprint density at radius 2 is 1.02 bits per heavy atom. The van der Waals surface area contributed by atoms with Crippen molar-refractivity contribution in [1.82, 2.24) is 19.9 Å². The van der Waals surface area contributed by atoms with Crippen LogP contribution in [0.3, 0.4) is 0 Å². The van der Waals surface area contributed by atoms with E-state index in [0.29, 0.717) is 0 Å². The summed E-state index contributed by atoms with van der Waals surface area (Å²) in [6.45, 7) is 0. The molecule has 5 aromatic carbocycles. The van der Waals surface area contributed by atoms with Crippen molar-refractivity contribution in [2.24, 2.45) is 0 Å². The van der Waals surface area contributed by atoms with E-state index < -0.39 is 0 Å². The second kappa shape index (κ2) is 10.0. The van der Waals surface area contributed by atoms with Gasteiger partial charge in [-0.15, -0.1) is 0 Å². The van der Waals surface area contributed by atoms with Gasteiger partial charge in [0.05, 0.1) is 39.1 Å². The first-order chi connectivity index (χ1) is 20.8. The van der Waals surface area contributed by atoms with E-state index in [2.05, 4.69) is 108 Å². The van der Waals surface area contributed by atoms with Gasteiger partial charge in [-0.2, -0.15) is 0 Å². The third kappa shape index (κ3) is 4.27. The zero-order chi connectivity index (χ0) is 27.9. The van der Waals surface area contributed by atoms with E-state index in [0.717, 1.165) is 72.2 Å². The van der Waals surface area contributed by atoms with Gasteiger partial charge in [0, 0.05) is 33.7 Å². The monoisotopic (exact) mass is 536 g/mol. The maximum Gasteiger partial charge on any atom is 0.0973 e. The number of hydrogen-bond donors (Lipinski definition) is 0. The molecule has 0 fully saturated rings. The molecule has 4 nitrogen and oxygen atoms in total. The van der Waals surface area contributed by atoms with E-state index in [1.807, 2.05) is 42.6 Å². The SMILES string of the molecule is c1ccc(-c2cccc(-c3nc4ccc(-c5ccc6ccc7cccnc7c6n5)cc4nc3-c3ccccc3)c2)cc1. The summed E-state index contributed by atoms with van der Waals surface area (Å²) < 4.78 is 0. The molecule has 0 radical (unpaired) electrons. The predicted octanol–water partition coefficient (Wildman–Crippen LogP) is 9.39. The van der Waals surface area contributed by atoms with Crippen LogP contribution in [0.2, 0.25) is 0 Å². The standard InChI is InChI=1S/C38H24N4/c1-3-9-25(10-4-1)29-13-7-14-31(23-29)38-37(26-11-5-2-6-12-26)42-34-24-30(19-21-33(34)41-38)32-20-18-28-17-16-27-15-8-22-39-35(27)36(28)40-32/h1-24H. The van der Waals surface area contributed by atoms with Crippen molar-refractivity contribution in [2.45, 2.75) is 0 Å². The minimum atomic E-state index is 0.826. The van der Waals surface area contributed by atoms with Crippen LogP contribution in [-0.2, 0) is 0 Å². The molecule has 3 aromatic heterocycles. The summed E-state index contributed by atoms with van der Waals surface area (Å²) >= 11 is 0. The molecule has 0 bridgehead atoms. The lowest BCUT2D eigenvalue weighted by atomic mass is 9.98. The van der Waals surface area contributed by atoms with Crippen LogP contribution in [-0.4, -0.2) is 19.9 Å². The summed E-state index contributed by atoms with van der Waals surface area (Å²) in [6, 6.07) is 47.8. The lowest BCUT2D eigenvalue weighted by Crippen LogP contribution is -1.96. The van der Waals surface area contributed by atoms with Crippen LogP contribution in [0.25, 0.3) is 77.7 Å². The molecule has 42 heavy (non-hydrogen) atoms. The Hall–Kier alpha value is -5.74. The maximum atomic E-state index is 5.22. The van der Waals surface area contributed by atoms with Crippen molar-refractivity contribution in [1.29, 1.82) is 0 Å². The Labute approximate surface area is 243 Å². The number of aromatic nitrogens is 4. The Morgan fingerprint density at radius 3 is 1.86 bits per heavy atom. The van der Waals surface area contributed by atoms with Crippen molar-refractivity contribution >= 4 is 32.8 Å². The molecule has 0 saturated heterocycles. The van der Waals surface area contributed by atoms with Crippen molar-refractivity contribution in [3.05, 3.63) is 146 Å². The number of rotatable bonds is 4. The van der Waals surface area contributed by atoms with Gasteiger partial charge in [-0.3, -0.25) is 4.98 Å². The highest BCUT2D eigenvalue weighted by molar-refractivity contribution is 6.03. The highest BCUT2D eigenvalue weighted by atomic mass is 14.8. The van der Waals surface area contributed by atoms with E-state index >= 15 is 0 Å². The minimum absolute atomic E-state index is 0.826. The van der Waals surface area contributed by atoms with Crippen molar-refractivity contribution in [3.8, 4) is 44.9 Å². The third-order valence-corrected chi connectivity index (χ3v) is 7.68. The Balaban J connectivity index is 1.29. The van der Waals surface area contributed by atoms with Gasteiger partial charge in [0.2, 0.25) is 0 Å². The molecule has 0 amide bonds. The lowest BCUT2D eigenvalue weighted by Gasteiger charge is -2.13. The Morgan fingerprint density at radius 1 is 0.357 bits per heavy atom. The second-order valence-corrected chi connectivity index (χ2v) is 10.3. The lowest BCUT2D eigenvalue weighted by molar-refractivity contribution is 1.29. The normalized spacial score (nSPS) is 11.3. The minimum Gasteiger partial charge on any atom is -0.254 e. The molecule has 0 unspecified atom stereocenters. The zero-order valence-electron chi connectivity index (χ0n) is 22.6. The molecular weight excluding hydrogens is 512 g/mol. The molecule has 0 atom stereocenters. The van der Waals surface area contributed by atoms with Crippen LogP contribution >= 0.6 is 0 Å². The molecule has 0 aliphatic heterocycles. The predicted molar refractivity (Wildman–Crippen MR) is 172 cm³/mol. The van der Waals surface area contributed by atoms with Gasteiger partial charge in [-0.05, 0) is 41.5 Å². The zero-order valence-corrected chi connectivity index (χ0v) is 22.6. The average molecular weight is 537 g/mol. The van der Waals surface area contributed by atoms with E-state index in [9.17, 15) is 0 Å². The van der Waals surface area contributed by atoms with Gasteiger partial charge in [-0.1, -0.05) is 109 Å². The summed E-state index contributed by atoms with van der Waals surface area (Å²) in [7, 11) is 0. The van der Waals surface area contributed by atoms with Gasteiger partial charge < -0.3 is 0 Å². The van der Waals surface area contributed by atoms with Crippen molar-refractivity contribution in [2.75, 3.05) is 0 Å². The highest BCUT2D eigenvalue weighted by Gasteiger charge is 2.15. The van der Waals surface area contributed by atoms with Crippen LogP contribution < -0.4 is 0 Å². The summed E-state index contributed by atoms with van der Waals surface area (Å²) in [5, 5.41) is 2.15. The van der Waals surface area contributed by atoms with Crippen molar-refractivity contribution < 1.29 is 0 Å². The number of fused-ring (bicyclic) bond motifs is 4. The first kappa shape index (κ1) is 24.1. The van der Waals surface area contributed by atoms with E-state index in [1.165, 1.54) is 5.56 Å². The molecule has 0 saturated carbocycles. The van der Waals surface area contributed by atoms with Gasteiger partial charge in [0.1, 0.15) is 0 Å². The Kier molecular flexibility index (Phi) is 5.75. The fraction of sp³-hybridized carbons (Fsp3) is 0. The highest BCUT2D eigenvalue weighted by Crippen LogP contribution is 2.34. The van der Waals surface area contributed by atoms with Crippen LogP contribution in [0.4, 0.5) is 0 Å². The molecule has 196 valence electrons. The molecule has 8 rings (SSSR count). The number of pyridine rings is 2. The molecule has 0 N–H and O–H groups in total. The quantitative estimate of drug-likeness (QED) is 0.210. The van der Waals surface area contributed by atoms with Crippen molar-refractivity contribution in [3.63, 3.8) is 0 Å². The summed E-state index contributed by atoms with van der Waals surface area (Å²) in [5.41, 5.74) is 11.4. The smallest absolute Gasteiger partial charge is 0.0973 e. The maximum absolute atomic E-state index is 5.22. The summed E-state index contributed by atoms with van der Waals surface area (Å²) in [5.74, 6) is 0. The largest absolute Gasteiger partial charge is 0.254 e. The molecule has 0 aliphatic rings. The van der Waals surface area contributed by atoms with E-state index in [4.69, 9.17) is 15.0 Å². The number of nitrogens with zero attached hydrogens (tertiary/aromatic N) is 4. The van der Waals surface area contributed by atoms with Gasteiger partial charge >= 0.3 is 0 Å². The molecule has 0 spiro atoms. The summed E-state index contributed by atoms with van der Waals surface area (Å²) in [4.78, 5) is 20.1. The average Bonchev–Trinajstić information content (AvgIpc) is 3.08. The van der Waals surface area contributed by atoms with Gasteiger partial charge in [0.15, 0.2) is 0 Å². The van der Waals surface area contributed by atoms with Gasteiger partial charge in [0.25, 0.3) is 0 Å². The number of hydrogen-bond acceptors (Lipinski definition) is 4. The first-order valence-corrected chi connectivity index (χ1v) is 14.0.